The third-order valence-corrected chi connectivity index (χ3v) is 4.05. The summed E-state index contributed by atoms with van der Waals surface area (Å²) < 4.78 is 0. The summed E-state index contributed by atoms with van der Waals surface area (Å²) in [5.41, 5.74) is 2.17. The quantitative estimate of drug-likeness (QED) is 0.775. The molecule has 0 amide bonds. The molecular formula is C15H15N3S. The highest BCUT2D eigenvalue weighted by Crippen LogP contribution is 2.24. The first kappa shape index (κ1) is 12.1. The summed E-state index contributed by atoms with van der Waals surface area (Å²) in [5.74, 6) is 0.932. The van der Waals surface area contributed by atoms with E-state index in [-0.39, 0.29) is 6.04 Å². The highest BCUT2D eigenvalue weighted by molar-refractivity contribution is 7.09. The molecule has 4 heteroatoms. The van der Waals surface area contributed by atoms with Crippen molar-refractivity contribution < 1.29 is 0 Å². The smallest absolute Gasteiger partial charge is 0.130 e. The molecule has 0 fully saturated rings. The van der Waals surface area contributed by atoms with Crippen LogP contribution in [0.3, 0.4) is 0 Å². The Bertz CT molecular complexity index is 692. The third-order valence-electron chi connectivity index (χ3n) is 3.09. The molecule has 0 saturated heterocycles. The Kier molecular flexibility index (Phi) is 3.17. The van der Waals surface area contributed by atoms with Crippen molar-refractivity contribution in [1.82, 2.24) is 9.97 Å². The van der Waals surface area contributed by atoms with Crippen molar-refractivity contribution in [3.05, 3.63) is 52.5 Å². The van der Waals surface area contributed by atoms with E-state index in [1.54, 1.807) is 11.3 Å². The van der Waals surface area contributed by atoms with Crippen LogP contribution in [-0.2, 0) is 0 Å². The van der Waals surface area contributed by atoms with Crippen LogP contribution in [-0.4, -0.2) is 9.97 Å². The molecule has 96 valence electrons. The van der Waals surface area contributed by atoms with Gasteiger partial charge in [-0.25, -0.2) is 9.97 Å². The normalized spacial score (nSPS) is 12.5. The fourth-order valence-electron chi connectivity index (χ4n) is 2.08. The molecule has 1 N–H and O–H groups in total. The lowest BCUT2D eigenvalue weighted by molar-refractivity contribution is 0.860. The molecule has 0 spiro atoms. The number of hydrogen-bond acceptors (Lipinski definition) is 4. The van der Waals surface area contributed by atoms with E-state index in [2.05, 4.69) is 36.3 Å². The molecule has 3 rings (SSSR count). The van der Waals surface area contributed by atoms with Gasteiger partial charge in [-0.1, -0.05) is 18.2 Å². The molecule has 19 heavy (non-hydrogen) atoms. The first-order chi connectivity index (χ1) is 9.24. The van der Waals surface area contributed by atoms with E-state index in [1.165, 1.54) is 5.39 Å². The Hall–Kier alpha value is -1.94. The van der Waals surface area contributed by atoms with Gasteiger partial charge in [-0.3, -0.25) is 0 Å². The summed E-state index contributed by atoms with van der Waals surface area (Å²) in [6, 6.07) is 10.5. The van der Waals surface area contributed by atoms with E-state index in [9.17, 15) is 0 Å². The van der Waals surface area contributed by atoms with Crippen molar-refractivity contribution in [2.45, 2.75) is 19.9 Å². The van der Waals surface area contributed by atoms with Crippen molar-refractivity contribution in [3.8, 4) is 0 Å². The standard InChI is InChI=1S/C15H15N3S/c1-10-9-12-5-3-4-6-13(12)18-14(10)17-11(2)15-16-7-8-19-15/h3-9,11H,1-2H3,(H,17,18). The summed E-state index contributed by atoms with van der Waals surface area (Å²) in [5, 5.41) is 7.69. The summed E-state index contributed by atoms with van der Waals surface area (Å²) in [6.07, 6.45) is 1.83. The molecule has 0 saturated carbocycles. The van der Waals surface area contributed by atoms with Crippen LogP contribution in [0.25, 0.3) is 10.9 Å². The van der Waals surface area contributed by atoms with Gasteiger partial charge in [-0.15, -0.1) is 11.3 Å². The molecule has 0 aliphatic rings. The number of benzene rings is 1. The summed E-state index contributed by atoms with van der Waals surface area (Å²) in [4.78, 5) is 9.02. The number of aryl methyl sites for hydroxylation is 1. The number of hydrogen-bond donors (Lipinski definition) is 1. The number of pyridine rings is 1. The van der Waals surface area contributed by atoms with Crippen molar-refractivity contribution >= 4 is 28.1 Å². The fraction of sp³-hybridized carbons (Fsp3) is 0.200. The first-order valence-electron chi connectivity index (χ1n) is 6.26. The number of rotatable bonds is 3. The molecule has 0 bridgehead atoms. The Balaban J connectivity index is 1.94. The van der Waals surface area contributed by atoms with Crippen LogP contribution < -0.4 is 5.32 Å². The Labute approximate surface area is 116 Å². The summed E-state index contributed by atoms with van der Waals surface area (Å²) >= 11 is 1.66. The molecule has 1 unspecified atom stereocenters. The molecule has 0 aliphatic heterocycles. The van der Waals surface area contributed by atoms with Gasteiger partial charge in [0.1, 0.15) is 10.8 Å². The highest BCUT2D eigenvalue weighted by atomic mass is 32.1. The minimum Gasteiger partial charge on any atom is -0.361 e. The number of thiazole rings is 1. The van der Waals surface area contributed by atoms with Crippen molar-refractivity contribution in [3.63, 3.8) is 0 Å². The number of nitrogens with one attached hydrogen (secondary N) is 1. The lowest BCUT2D eigenvalue weighted by Gasteiger charge is -2.14. The van der Waals surface area contributed by atoms with Crippen molar-refractivity contribution in [2.24, 2.45) is 0 Å². The Morgan fingerprint density at radius 2 is 2.11 bits per heavy atom. The molecule has 2 heterocycles. The van der Waals surface area contributed by atoms with Crippen LogP contribution in [0.5, 0.6) is 0 Å². The number of nitrogens with zero attached hydrogens (tertiary/aromatic N) is 2. The predicted molar refractivity (Wildman–Crippen MR) is 80.6 cm³/mol. The topological polar surface area (TPSA) is 37.8 Å². The lowest BCUT2D eigenvalue weighted by atomic mass is 10.1. The summed E-state index contributed by atoms with van der Waals surface area (Å²) in [6.45, 7) is 4.19. The highest BCUT2D eigenvalue weighted by Gasteiger charge is 2.10. The molecule has 0 radical (unpaired) electrons. The monoisotopic (exact) mass is 269 g/mol. The van der Waals surface area contributed by atoms with E-state index in [0.717, 1.165) is 21.9 Å². The largest absolute Gasteiger partial charge is 0.361 e. The van der Waals surface area contributed by atoms with Crippen molar-refractivity contribution in [1.29, 1.82) is 0 Å². The minimum absolute atomic E-state index is 0.173. The zero-order valence-electron chi connectivity index (χ0n) is 10.9. The molecule has 1 aromatic carbocycles. The van der Waals surface area contributed by atoms with E-state index < -0.39 is 0 Å². The maximum Gasteiger partial charge on any atom is 0.130 e. The summed E-state index contributed by atoms with van der Waals surface area (Å²) in [7, 11) is 0. The molecular weight excluding hydrogens is 254 g/mol. The van der Waals surface area contributed by atoms with Crippen LogP contribution in [0, 0.1) is 6.92 Å². The van der Waals surface area contributed by atoms with Gasteiger partial charge in [-0.05, 0) is 31.5 Å². The van der Waals surface area contributed by atoms with Gasteiger partial charge in [0, 0.05) is 17.0 Å². The Morgan fingerprint density at radius 3 is 2.89 bits per heavy atom. The maximum atomic E-state index is 4.69. The van der Waals surface area contributed by atoms with E-state index in [4.69, 9.17) is 4.98 Å². The first-order valence-corrected chi connectivity index (χ1v) is 7.14. The van der Waals surface area contributed by atoms with Gasteiger partial charge in [0.15, 0.2) is 0 Å². The number of para-hydroxylation sites is 1. The zero-order chi connectivity index (χ0) is 13.2. The number of anilines is 1. The molecule has 2 aromatic heterocycles. The van der Waals surface area contributed by atoms with Gasteiger partial charge < -0.3 is 5.32 Å². The number of fused-ring (bicyclic) bond motifs is 1. The second kappa shape index (κ2) is 4.97. The van der Waals surface area contributed by atoms with Crippen molar-refractivity contribution in [2.75, 3.05) is 5.32 Å². The van der Waals surface area contributed by atoms with Gasteiger partial charge in [0.2, 0.25) is 0 Å². The molecule has 1 atom stereocenters. The molecule has 3 aromatic rings. The average Bonchev–Trinajstić information content (AvgIpc) is 2.93. The van der Waals surface area contributed by atoms with Crippen LogP contribution >= 0.6 is 11.3 Å². The van der Waals surface area contributed by atoms with Crippen LogP contribution in [0.2, 0.25) is 0 Å². The second-order valence-electron chi connectivity index (χ2n) is 4.58. The van der Waals surface area contributed by atoms with E-state index in [1.807, 2.05) is 29.8 Å². The van der Waals surface area contributed by atoms with E-state index in [0.29, 0.717) is 0 Å². The van der Waals surface area contributed by atoms with Gasteiger partial charge in [0.05, 0.1) is 11.6 Å². The maximum absolute atomic E-state index is 4.69. The number of aromatic nitrogens is 2. The third kappa shape index (κ3) is 2.44. The SMILES string of the molecule is Cc1cc2ccccc2nc1NC(C)c1nccs1. The molecule has 3 nitrogen and oxygen atoms in total. The predicted octanol–water partition coefficient (Wildman–Crippen LogP) is 4.17. The van der Waals surface area contributed by atoms with Crippen LogP contribution in [0.1, 0.15) is 23.5 Å². The van der Waals surface area contributed by atoms with Crippen LogP contribution in [0.15, 0.2) is 41.9 Å². The Morgan fingerprint density at radius 1 is 1.26 bits per heavy atom. The van der Waals surface area contributed by atoms with Gasteiger partial charge in [0.25, 0.3) is 0 Å². The van der Waals surface area contributed by atoms with Gasteiger partial charge in [-0.2, -0.15) is 0 Å². The van der Waals surface area contributed by atoms with E-state index >= 15 is 0 Å². The van der Waals surface area contributed by atoms with Crippen LogP contribution in [0.4, 0.5) is 5.82 Å². The average molecular weight is 269 g/mol. The second-order valence-corrected chi connectivity index (χ2v) is 5.51. The fourth-order valence-corrected chi connectivity index (χ4v) is 2.73. The zero-order valence-corrected chi connectivity index (χ0v) is 11.7. The lowest BCUT2D eigenvalue weighted by Crippen LogP contribution is -2.08. The minimum atomic E-state index is 0.173. The van der Waals surface area contributed by atoms with Gasteiger partial charge >= 0.3 is 0 Å². The molecule has 0 aliphatic carbocycles.